The van der Waals surface area contributed by atoms with Gasteiger partial charge in [0.1, 0.15) is 0 Å². The Bertz CT molecular complexity index is 797. The lowest BCUT2D eigenvalue weighted by Crippen LogP contribution is -2.47. The maximum absolute atomic E-state index is 12.2. The first-order chi connectivity index (χ1) is 13.5. The van der Waals surface area contributed by atoms with Gasteiger partial charge in [0, 0.05) is 43.9 Å². The van der Waals surface area contributed by atoms with Crippen molar-refractivity contribution in [3.63, 3.8) is 0 Å². The molecule has 0 saturated carbocycles. The van der Waals surface area contributed by atoms with Gasteiger partial charge in [-0.05, 0) is 37.0 Å². The number of hydrogen-bond donors (Lipinski definition) is 2. The van der Waals surface area contributed by atoms with Crippen molar-refractivity contribution >= 4 is 23.4 Å². The van der Waals surface area contributed by atoms with E-state index < -0.39 is 0 Å². The third-order valence-electron chi connectivity index (χ3n) is 4.91. The summed E-state index contributed by atoms with van der Waals surface area (Å²) in [6.45, 7) is 2.59. The van der Waals surface area contributed by atoms with Gasteiger partial charge in [-0.1, -0.05) is 23.7 Å². The first kappa shape index (κ1) is 20.4. The van der Waals surface area contributed by atoms with Crippen molar-refractivity contribution in [2.75, 3.05) is 26.2 Å². The molecule has 150 valence electrons. The predicted octanol–water partition coefficient (Wildman–Crippen LogP) is 1.63. The Morgan fingerprint density at radius 3 is 2.57 bits per heavy atom. The average Bonchev–Trinajstić information content (AvgIpc) is 3.11. The van der Waals surface area contributed by atoms with Crippen molar-refractivity contribution in [3.05, 3.63) is 52.8 Å². The number of benzene rings is 1. The fourth-order valence-corrected chi connectivity index (χ4v) is 3.42. The van der Waals surface area contributed by atoms with Crippen LogP contribution in [0.15, 0.2) is 36.7 Å². The van der Waals surface area contributed by atoms with E-state index in [0.29, 0.717) is 23.7 Å². The molecule has 1 aliphatic rings. The molecular weight excluding hydrogens is 378 g/mol. The smallest absolute Gasteiger partial charge is 0.254 e. The Balaban J connectivity index is 1.32. The number of amides is 2. The van der Waals surface area contributed by atoms with Crippen LogP contribution in [0.4, 0.5) is 0 Å². The van der Waals surface area contributed by atoms with Gasteiger partial charge >= 0.3 is 0 Å². The van der Waals surface area contributed by atoms with E-state index in [1.165, 1.54) is 0 Å². The van der Waals surface area contributed by atoms with Crippen LogP contribution in [0.3, 0.4) is 0 Å². The van der Waals surface area contributed by atoms with E-state index in [1.807, 2.05) is 24.3 Å². The first-order valence-corrected chi connectivity index (χ1v) is 9.90. The van der Waals surface area contributed by atoms with Crippen molar-refractivity contribution in [3.8, 4) is 0 Å². The fourth-order valence-electron chi connectivity index (χ4n) is 3.30. The van der Waals surface area contributed by atoms with Crippen LogP contribution in [0.5, 0.6) is 0 Å². The highest BCUT2D eigenvalue weighted by Crippen LogP contribution is 2.11. The minimum absolute atomic E-state index is 0.0341. The van der Waals surface area contributed by atoms with Crippen LogP contribution in [-0.4, -0.2) is 58.7 Å². The van der Waals surface area contributed by atoms with Gasteiger partial charge in [0.25, 0.3) is 5.91 Å². The van der Waals surface area contributed by atoms with E-state index in [-0.39, 0.29) is 17.9 Å². The minimum atomic E-state index is -0.0912. The summed E-state index contributed by atoms with van der Waals surface area (Å²) < 4.78 is 1.61. The van der Waals surface area contributed by atoms with Crippen LogP contribution in [0, 0.1) is 0 Å². The van der Waals surface area contributed by atoms with E-state index in [0.717, 1.165) is 37.9 Å². The van der Waals surface area contributed by atoms with Crippen LogP contribution in [0.1, 0.15) is 28.8 Å². The number of nitrogens with one attached hydrogen (secondary N) is 2. The Morgan fingerprint density at radius 1 is 1.21 bits per heavy atom. The molecule has 1 aliphatic heterocycles. The second kappa shape index (κ2) is 9.71. The molecule has 0 unspecified atom stereocenters. The van der Waals surface area contributed by atoms with Gasteiger partial charge in [-0.3, -0.25) is 19.2 Å². The number of likely N-dealkylation sites (tertiary alicyclic amines) is 1. The molecule has 1 aromatic carbocycles. The zero-order valence-electron chi connectivity index (χ0n) is 16.0. The van der Waals surface area contributed by atoms with E-state index >= 15 is 0 Å². The number of carbonyl (C=O) groups is 2. The number of nitrogens with zero attached hydrogens (tertiary/aromatic N) is 3. The molecule has 8 heteroatoms. The highest BCUT2D eigenvalue weighted by Gasteiger charge is 2.22. The lowest BCUT2D eigenvalue weighted by atomic mass is 10.0. The van der Waals surface area contributed by atoms with Crippen LogP contribution >= 0.6 is 11.6 Å². The second-order valence-electron chi connectivity index (χ2n) is 7.15. The fraction of sp³-hybridized carbons (Fsp3) is 0.450. The molecule has 2 heterocycles. The van der Waals surface area contributed by atoms with E-state index in [1.54, 1.807) is 24.1 Å². The molecule has 28 heavy (non-hydrogen) atoms. The van der Waals surface area contributed by atoms with Crippen LogP contribution in [0.2, 0.25) is 5.02 Å². The molecule has 2 N–H and O–H groups in total. The molecular formula is C20H26ClN5O2. The normalized spacial score (nSPS) is 15.4. The summed E-state index contributed by atoms with van der Waals surface area (Å²) >= 11 is 5.87. The van der Waals surface area contributed by atoms with Crippen molar-refractivity contribution in [2.45, 2.75) is 25.3 Å². The van der Waals surface area contributed by atoms with E-state index in [4.69, 9.17) is 11.6 Å². The largest absolute Gasteiger partial charge is 0.355 e. The zero-order chi connectivity index (χ0) is 19.9. The summed E-state index contributed by atoms with van der Waals surface area (Å²) in [6, 6.07) is 7.79. The SMILES string of the molecule is Cn1cc(C(=O)NC2CCN(CC(=O)NCCc3ccc(Cl)cc3)CC2)cn1. The van der Waals surface area contributed by atoms with Gasteiger partial charge in [-0.25, -0.2) is 0 Å². The highest BCUT2D eigenvalue weighted by atomic mass is 35.5. The number of rotatable bonds is 7. The van der Waals surface area contributed by atoms with Gasteiger partial charge in [-0.15, -0.1) is 0 Å². The Hall–Kier alpha value is -2.38. The minimum Gasteiger partial charge on any atom is -0.355 e. The van der Waals surface area contributed by atoms with Crippen LogP contribution in [0.25, 0.3) is 0 Å². The number of carbonyl (C=O) groups excluding carboxylic acids is 2. The third-order valence-corrected chi connectivity index (χ3v) is 5.16. The van der Waals surface area contributed by atoms with Gasteiger partial charge in [-0.2, -0.15) is 5.10 Å². The second-order valence-corrected chi connectivity index (χ2v) is 7.59. The molecule has 0 radical (unpaired) electrons. The van der Waals surface area contributed by atoms with Crippen molar-refractivity contribution in [2.24, 2.45) is 7.05 Å². The topological polar surface area (TPSA) is 79.3 Å². The van der Waals surface area contributed by atoms with Gasteiger partial charge in [0.05, 0.1) is 18.3 Å². The summed E-state index contributed by atoms with van der Waals surface area (Å²) in [7, 11) is 1.79. The van der Waals surface area contributed by atoms with Gasteiger partial charge < -0.3 is 10.6 Å². The van der Waals surface area contributed by atoms with Crippen LogP contribution in [-0.2, 0) is 18.3 Å². The zero-order valence-corrected chi connectivity index (χ0v) is 16.8. The number of halogens is 1. The molecule has 0 spiro atoms. The summed E-state index contributed by atoms with van der Waals surface area (Å²) in [5, 5.41) is 10.8. The number of aryl methyl sites for hydroxylation is 1. The first-order valence-electron chi connectivity index (χ1n) is 9.52. The number of piperidine rings is 1. The van der Waals surface area contributed by atoms with Gasteiger partial charge in [0.2, 0.25) is 5.91 Å². The monoisotopic (exact) mass is 403 g/mol. The number of aromatic nitrogens is 2. The Morgan fingerprint density at radius 2 is 1.93 bits per heavy atom. The Kier molecular flexibility index (Phi) is 7.06. The number of hydrogen-bond acceptors (Lipinski definition) is 4. The van der Waals surface area contributed by atoms with Crippen LogP contribution < -0.4 is 10.6 Å². The molecule has 1 saturated heterocycles. The summed E-state index contributed by atoms with van der Waals surface area (Å²) in [4.78, 5) is 26.5. The molecule has 3 rings (SSSR count). The standard InChI is InChI=1S/C20H26ClN5O2/c1-25-13-16(12-23-25)20(28)24-18-7-10-26(11-8-18)14-19(27)22-9-6-15-2-4-17(21)5-3-15/h2-5,12-13,18H,6-11,14H2,1H3,(H,22,27)(H,24,28). The molecule has 7 nitrogen and oxygen atoms in total. The predicted molar refractivity (Wildman–Crippen MR) is 108 cm³/mol. The highest BCUT2D eigenvalue weighted by molar-refractivity contribution is 6.30. The average molecular weight is 404 g/mol. The lowest BCUT2D eigenvalue weighted by molar-refractivity contribution is -0.122. The molecule has 0 atom stereocenters. The molecule has 0 bridgehead atoms. The summed E-state index contributed by atoms with van der Waals surface area (Å²) in [6.07, 6.45) is 5.73. The molecule has 2 aromatic rings. The van der Waals surface area contributed by atoms with Gasteiger partial charge in [0.15, 0.2) is 0 Å². The maximum atomic E-state index is 12.2. The van der Waals surface area contributed by atoms with E-state index in [9.17, 15) is 9.59 Å². The molecule has 1 aromatic heterocycles. The summed E-state index contributed by atoms with van der Waals surface area (Å²) in [5.74, 6) is -0.0571. The molecule has 1 fully saturated rings. The third kappa shape index (κ3) is 6.07. The van der Waals surface area contributed by atoms with E-state index in [2.05, 4.69) is 20.6 Å². The molecule has 0 aliphatic carbocycles. The maximum Gasteiger partial charge on any atom is 0.254 e. The quantitative estimate of drug-likeness (QED) is 0.736. The van der Waals surface area contributed by atoms with Crippen molar-refractivity contribution in [1.82, 2.24) is 25.3 Å². The lowest BCUT2D eigenvalue weighted by Gasteiger charge is -2.31. The summed E-state index contributed by atoms with van der Waals surface area (Å²) in [5.41, 5.74) is 1.72. The Labute approximate surface area is 170 Å². The van der Waals surface area contributed by atoms with Crippen molar-refractivity contribution in [1.29, 1.82) is 0 Å². The van der Waals surface area contributed by atoms with Crippen molar-refractivity contribution < 1.29 is 9.59 Å². The molecule has 2 amide bonds.